The fraction of sp³-hybridized carbons (Fsp3) is 0.286. The topological polar surface area (TPSA) is 56.7 Å². The van der Waals surface area contributed by atoms with Gasteiger partial charge in [0.25, 0.3) is 0 Å². The van der Waals surface area contributed by atoms with Crippen LogP contribution in [-0.2, 0) is 31.9 Å². The van der Waals surface area contributed by atoms with Crippen molar-refractivity contribution in [2.75, 3.05) is 0 Å². The maximum Gasteiger partial charge on any atom is 0.216 e. The number of imidazole rings is 1. The van der Waals surface area contributed by atoms with Gasteiger partial charge in [-0.2, -0.15) is 0 Å². The normalized spacial score (nSPS) is 12.0. The molecule has 0 spiro atoms. The molecule has 0 bridgehead atoms. The van der Waals surface area contributed by atoms with Gasteiger partial charge in [-0.1, -0.05) is 69.8 Å². The quantitative estimate of drug-likeness (QED) is 0.118. The molecular formula is C49H52GeIrN4O-2. The zero-order valence-corrected chi connectivity index (χ0v) is 38.8. The van der Waals surface area contributed by atoms with Gasteiger partial charge in [0.05, 0.1) is 22.4 Å². The minimum absolute atomic E-state index is 0. The third-order valence-corrected chi connectivity index (χ3v) is 14.4. The summed E-state index contributed by atoms with van der Waals surface area (Å²) >= 11 is -1.86. The first kappa shape index (κ1) is 41.3. The van der Waals surface area contributed by atoms with Crippen LogP contribution in [0.1, 0.15) is 71.2 Å². The predicted molar refractivity (Wildman–Crippen MR) is 233 cm³/mol. The van der Waals surface area contributed by atoms with Crippen LogP contribution in [0.15, 0.2) is 114 Å². The number of para-hydroxylation sites is 2. The molecule has 0 aliphatic rings. The van der Waals surface area contributed by atoms with Crippen molar-refractivity contribution in [3.8, 4) is 28.3 Å². The summed E-state index contributed by atoms with van der Waals surface area (Å²) in [4.78, 5) is 14.5. The molecule has 4 aromatic heterocycles. The Morgan fingerprint density at radius 3 is 2.18 bits per heavy atom. The molecular weight excluding hydrogens is 925 g/mol. The van der Waals surface area contributed by atoms with Crippen LogP contribution in [0.2, 0.25) is 17.3 Å². The van der Waals surface area contributed by atoms with Gasteiger partial charge >= 0.3 is 126 Å². The summed E-state index contributed by atoms with van der Waals surface area (Å²) in [7, 11) is 0. The maximum atomic E-state index is 6.38. The van der Waals surface area contributed by atoms with Crippen molar-refractivity contribution in [3.05, 3.63) is 138 Å². The van der Waals surface area contributed by atoms with Crippen LogP contribution in [0, 0.1) is 18.1 Å². The molecule has 0 N–H and O–H groups in total. The van der Waals surface area contributed by atoms with Crippen molar-refractivity contribution >= 4 is 50.8 Å². The summed E-state index contributed by atoms with van der Waals surface area (Å²) in [5.74, 6) is 9.13. The molecule has 8 aromatic rings. The van der Waals surface area contributed by atoms with Crippen molar-refractivity contribution in [3.63, 3.8) is 0 Å². The molecule has 7 heteroatoms. The number of rotatable bonds is 7. The Morgan fingerprint density at radius 1 is 0.786 bits per heavy atom. The third-order valence-electron chi connectivity index (χ3n) is 10.1. The number of hydrogen-bond acceptors (Lipinski definition) is 4. The van der Waals surface area contributed by atoms with Gasteiger partial charge in [0.2, 0.25) is 5.71 Å². The SMILES string of the molecule is CC(C)Cc1cc(-c2[c-]cccc2)nc[c]1[Ge]([CH3])([CH3])[CH3].CC(C)c1ccc2c(n1)oc1c(-c3nc4ccccc4n3-c3ccc(C(C)(C)C)cc3)[c-]ccc12.[Ir]. The summed E-state index contributed by atoms with van der Waals surface area (Å²) in [5, 5.41) is 2.04. The standard InChI is InChI=1S/C31H28N3O.C18H24GeN.Ir/c1-19(2)25-18-17-23-22-9-8-10-24(28(22)35-30(23)33-25)29-32-26-11-6-7-12-27(26)34(29)21-15-13-20(14-16-21)31(3,4)5;1-14(2)11-16-12-18(15-9-7-6-8-10-15)20-13-17(16)19(3,4)5;/h6-9,11-19H,1-5H3;6-9,12-14H,11H2,1-5H3;/q2*-1;. The Kier molecular flexibility index (Phi) is 12.3. The van der Waals surface area contributed by atoms with E-state index in [0.29, 0.717) is 17.5 Å². The van der Waals surface area contributed by atoms with Crippen LogP contribution < -0.4 is 4.40 Å². The van der Waals surface area contributed by atoms with E-state index in [2.05, 4.69) is 149 Å². The number of fused-ring (bicyclic) bond motifs is 4. The molecule has 0 atom stereocenters. The molecule has 8 rings (SSSR count). The van der Waals surface area contributed by atoms with Gasteiger partial charge in [-0.3, -0.25) is 4.98 Å². The molecule has 0 unspecified atom stereocenters. The average molecular weight is 978 g/mol. The summed E-state index contributed by atoms with van der Waals surface area (Å²) in [6.07, 6.45) is 3.27. The van der Waals surface area contributed by atoms with E-state index >= 15 is 0 Å². The summed E-state index contributed by atoms with van der Waals surface area (Å²) in [5.41, 5.74) is 11.3. The summed E-state index contributed by atoms with van der Waals surface area (Å²) < 4.78 is 10.1. The number of benzene rings is 4. The molecule has 0 saturated heterocycles. The van der Waals surface area contributed by atoms with E-state index in [9.17, 15) is 0 Å². The Labute approximate surface area is 348 Å². The van der Waals surface area contributed by atoms with Crippen LogP contribution in [0.25, 0.3) is 61.4 Å². The van der Waals surface area contributed by atoms with E-state index < -0.39 is 13.3 Å². The third kappa shape index (κ3) is 8.63. The molecule has 0 fully saturated rings. The van der Waals surface area contributed by atoms with Gasteiger partial charge in [-0.05, 0) is 53.3 Å². The monoisotopic (exact) mass is 979 g/mol. The number of nitrogens with zero attached hydrogens (tertiary/aromatic N) is 4. The minimum Gasteiger partial charge on any atom is -0.486 e. The fourth-order valence-electron chi connectivity index (χ4n) is 7.17. The fourth-order valence-corrected chi connectivity index (χ4v) is 10.5. The average Bonchev–Trinajstić information content (AvgIpc) is 3.73. The molecule has 56 heavy (non-hydrogen) atoms. The molecule has 289 valence electrons. The summed E-state index contributed by atoms with van der Waals surface area (Å²) in [6, 6.07) is 42.3. The van der Waals surface area contributed by atoms with Crippen LogP contribution in [0.3, 0.4) is 0 Å². The van der Waals surface area contributed by atoms with Crippen molar-refractivity contribution < 1.29 is 24.5 Å². The van der Waals surface area contributed by atoms with Crippen LogP contribution in [-0.4, -0.2) is 32.8 Å². The summed E-state index contributed by atoms with van der Waals surface area (Å²) in [6.45, 7) is 15.6. The molecule has 0 saturated carbocycles. The minimum atomic E-state index is -1.86. The number of hydrogen-bond donors (Lipinski definition) is 0. The maximum absolute atomic E-state index is 6.38. The van der Waals surface area contributed by atoms with E-state index in [4.69, 9.17) is 19.4 Å². The second-order valence-electron chi connectivity index (χ2n) is 17.3. The zero-order valence-electron chi connectivity index (χ0n) is 34.3. The Hall–Kier alpha value is -4.36. The Bertz CT molecular complexity index is 2590. The first-order valence-electron chi connectivity index (χ1n) is 19.5. The first-order valence-corrected chi connectivity index (χ1v) is 26.8. The Balaban J connectivity index is 0.000000217. The van der Waals surface area contributed by atoms with Crippen LogP contribution in [0.4, 0.5) is 0 Å². The van der Waals surface area contributed by atoms with Gasteiger partial charge in [0, 0.05) is 36.9 Å². The van der Waals surface area contributed by atoms with Gasteiger partial charge < -0.3 is 8.98 Å². The number of pyridine rings is 2. The van der Waals surface area contributed by atoms with Crippen LogP contribution in [0.5, 0.6) is 0 Å². The second-order valence-corrected chi connectivity index (χ2v) is 27.9. The Morgan fingerprint density at radius 2 is 1.52 bits per heavy atom. The molecule has 4 aromatic carbocycles. The van der Waals surface area contributed by atoms with Gasteiger partial charge in [-0.15, -0.1) is 18.2 Å². The van der Waals surface area contributed by atoms with Crippen molar-refractivity contribution in [1.82, 2.24) is 19.5 Å². The molecule has 5 nitrogen and oxygen atoms in total. The van der Waals surface area contributed by atoms with E-state index in [1.54, 1.807) is 4.40 Å². The number of furan rings is 1. The first-order chi connectivity index (χ1) is 26.2. The van der Waals surface area contributed by atoms with E-state index in [1.165, 1.54) is 11.1 Å². The molecule has 4 heterocycles. The van der Waals surface area contributed by atoms with Crippen molar-refractivity contribution in [2.45, 2.75) is 83.5 Å². The molecule has 0 amide bonds. The second kappa shape index (κ2) is 16.6. The van der Waals surface area contributed by atoms with Gasteiger partial charge in [0.15, 0.2) is 0 Å². The number of aromatic nitrogens is 4. The van der Waals surface area contributed by atoms with Gasteiger partial charge in [-0.25, -0.2) is 4.98 Å². The smallest absolute Gasteiger partial charge is 0.216 e. The molecule has 1 radical (unpaired) electrons. The molecule has 0 aliphatic carbocycles. The van der Waals surface area contributed by atoms with E-state index in [0.717, 1.165) is 67.8 Å². The van der Waals surface area contributed by atoms with E-state index in [-0.39, 0.29) is 25.5 Å². The zero-order chi connectivity index (χ0) is 39.1. The van der Waals surface area contributed by atoms with Crippen LogP contribution >= 0.6 is 0 Å². The largest absolute Gasteiger partial charge is 0.486 e. The van der Waals surface area contributed by atoms with Crippen molar-refractivity contribution in [2.24, 2.45) is 5.92 Å². The molecule has 0 aliphatic heterocycles. The van der Waals surface area contributed by atoms with E-state index in [1.807, 2.05) is 42.5 Å². The van der Waals surface area contributed by atoms with Gasteiger partial charge in [0.1, 0.15) is 0 Å². The predicted octanol–water partition coefficient (Wildman–Crippen LogP) is 12.5. The van der Waals surface area contributed by atoms with Crippen molar-refractivity contribution in [1.29, 1.82) is 0 Å².